The topological polar surface area (TPSA) is 49.4 Å². The second-order valence-corrected chi connectivity index (χ2v) is 8.06. The molecule has 1 N–H and O–H groups in total. The molecule has 19 heavy (non-hydrogen) atoms. The number of hydrogen-bond donors (Lipinski definition) is 1. The van der Waals surface area contributed by atoms with E-state index >= 15 is 0 Å². The molecule has 1 aliphatic carbocycles. The Labute approximate surface area is 119 Å². The van der Waals surface area contributed by atoms with E-state index in [0.29, 0.717) is 6.54 Å². The van der Waals surface area contributed by atoms with Crippen LogP contribution in [0.4, 0.5) is 0 Å². The van der Waals surface area contributed by atoms with Gasteiger partial charge >= 0.3 is 0 Å². The Morgan fingerprint density at radius 2 is 2.21 bits per heavy atom. The van der Waals surface area contributed by atoms with Crippen LogP contribution in [0.25, 0.3) is 0 Å². The van der Waals surface area contributed by atoms with Crippen molar-refractivity contribution in [2.75, 3.05) is 19.3 Å². The van der Waals surface area contributed by atoms with Crippen molar-refractivity contribution in [1.29, 1.82) is 0 Å². The number of nitrogens with one attached hydrogen (secondary N) is 1. The van der Waals surface area contributed by atoms with Crippen LogP contribution in [0.5, 0.6) is 0 Å². The first-order valence-corrected chi connectivity index (χ1v) is 9.29. The predicted molar refractivity (Wildman–Crippen MR) is 79.8 cm³/mol. The molecule has 0 spiro atoms. The van der Waals surface area contributed by atoms with Gasteiger partial charge in [-0.3, -0.25) is 0 Å². The first kappa shape index (κ1) is 15.0. The quantitative estimate of drug-likeness (QED) is 0.710. The molecule has 1 saturated carbocycles. The minimum Gasteiger partial charge on any atom is -0.320 e. The Hall–Kier alpha value is -0.430. The summed E-state index contributed by atoms with van der Waals surface area (Å²) < 4.78 is 26.5. The van der Waals surface area contributed by atoms with Gasteiger partial charge in [0.15, 0.2) is 0 Å². The molecular weight excluding hydrogens is 280 g/mol. The average Bonchev–Trinajstić information content (AvgIpc) is 3.08. The third-order valence-corrected chi connectivity index (χ3v) is 6.09. The lowest BCUT2D eigenvalue weighted by atomic mass is 10.3. The van der Waals surface area contributed by atoms with Crippen molar-refractivity contribution in [3.63, 3.8) is 0 Å². The van der Waals surface area contributed by atoms with Crippen molar-refractivity contribution >= 4 is 21.4 Å². The van der Waals surface area contributed by atoms with Crippen molar-refractivity contribution in [3.8, 4) is 0 Å². The van der Waals surface area contributed by atoms with E-state index in [9.17, 15) is 8.42 Å². The van der Waals surface area contributed by atoms with Crippen molar-refractivity contribution in [2.45, 2.75) is 38.3 Å². The van der Waals surface area contributed by atoms with Gasteiger partial charge in [-0.2, -0.15) is 4.31 Å². The summed E-state index contributed by atoms with van der Waals surface area (Å²) in [5.41, 5.74) is 0. The highest BCUT2D eigenvalue weighted by molar-refractivity contribution is 7.89. The minimum absolute atomic E-state index is 0.247. The van der Waals surface area contributed by atoms with Crippen LogP contribution in [0.3, 0.4) is 0 Å². The molecular formula is C13H22N2O2S2. The molecule has 1 aromatic heterocycles. The largest absolute Gasteiger partial charge is 0.320 e. The fourth-order valence-electron chi connectivity index (χ4n) is 2.08. The van der Waals surface area contributed by atoms with Crippen molar-refractivity contribution in [1.82, 2.24) is 9.62 Å². The molecule has 0 aromatic carbocycles. The summed E-state index contributed by atoms with van der Waals surface area (Å²) in [6, 6.07) is 4.23. The standard InChI is InChI=1S/C13H22N2O2S2/c1-14-8-2-3-10-19(16,17)15(12-6-7-12)11-13-5-4-9-18-13/h4-5,9,12,14H,2-3,6-8,10-11H2,1H3. The van der Waals surface area contributed by atoms with Crippen LogP contribution >= 0.6 is 11.3 Å². The predicted octanol–water partition coefficient (Wildman–Crippen LogP) is 2.04. The fraction of sp³-hybridized carbons (Fsp3) is 0.692. The minimum atomic E-state index is -3.10. The molecule has 0 saturated heterocycles. The SMILES string of the molecule is CNCCCCS(=O)(=O)N(Cc1cccs1)C1CC1. The van der Waals surface area contributed by atoms with Gasteiger partial charge in [-0.15, -0.1) is 11.3 Å². The molecule has 0 radical (unpaired) electrons. The van der Waals surface area contributed by atoms with E-state index in [4.69, 9.17) is 0 Å². The average molecular weight is 302 g/mol. The zero-order valence-corrected chi connectivity index (χ0v) is 13.0. The summed E-state index contributed by atoms with van der Waals surface area (Å²) in [6.07, 6.45) is 3.67. The van der Waals surface area contributed by atoms with Crippen molar-refractivity contribution < 1.29 is 8.42 Å². The number of thiophene rings is 1. The first-order valence-electron chi connectivity index (χ1n) is 6.80. The van der Waals surface area contributed by atoms with Gasteiger partial charge in [0.1, 0.15) is 0 Å². The smallest absolute Gasteiger partial charge is 0.214 e. The molecule has 0 amide bonds. The number of nitrogens with zero attached hydrogens (tertiary/aromatic N) is 1. The number of sulfonamides is 1. The van der Waals surface area contributed by atoms with E-state index in [-0.39, 0.29) is 11.8 Å². The molecule has 2 rings (SSSR count). The van der Waals surface area contributed by atoms with E-state index < -0.39 is 10.0 Å². The highest BCUT2D eigenvalue weighted by atomic mass is 32.2. The zero-order chi connectivity index (χ0) is 13.7. The number of rotatable bonds is 9. The summed E-state index contributed by atoms with van der Waals surface area (Å²) in [7, 11) is -1.21. The maximum atomic E-state index is 12.4. The van der Waals surface area contributed by atoms with Crippen LogP contribution < -0.4 is 5.32 Å². The van der Waals surface area contributed by atoms with Gasteiger partial charge in [0.2, 0.25) is 10.0 Å². The van der Waals surface area contributed by atoms with Gasteiger partial charge in [0.25, 0.3) is 0 Å². The number of unbranched alkanes of at least 4 members (excludes halogenated alkanes) is 1. The maximum Gasteiger partial charge on any atom is 0.214 e. The molecule has 0 atom stereocenters. The molecule has 0 unspecified atom stereocenters. The highest BCUT2D eigenvalue weighted by Crippen LogP contribution is 2.32. The molecule has 1 aromatic rings. The van der Waals surface area contributed by atoms with Gasteiger partial charge in [0.05, 0.1) is 5.75 Å². The van der Waals surface area contributed by atoms with Gasteiger partial charge in [0, 0.05) is 17.5 Å². The molecule has 1 aliphatic rings. The monoisotopic (exact) mass is 302 g/mol. The Bertz CT molecular complexity index is 467. The molecule has 4 nitrogen and oxygen atoms in total. The van der Waals surface area contributed by atoms with Crippen LogP contribution in [0.15, 0.2) is 17.5 Å². The Morgan fingerprint density at radius 1 is 1.42 bits per heavy atom. The maximum absolute atomic E-state index is 12.4. The van der Waals surface area contributed by atoms with Gasteiger partial charge in [-0.1, -0.05) is 6.07 Å². The molecule has 1 heterocycles. The summed E-state index contributed by atoms with van der Waals surface area (Å²) in [5, 5.41) is 5.05. The Balaban J connectivity index is 1.93. The molecule has 108 valence electrons. The Morgan fingerprint density at radius 3 is 2.79 bits per heavy atom. The van der Waals surface area contributed by atoms with Gasteiger partial charge in [-0.05, 0) is 50.7 Å². The van der Waals surface area contributed by atoms with E-state index in [0.717, 1.165) is 37.1 Å². The van der Waals surface area contributed by atoms with Crippen molar-refractivity contribution in [2.24, 2.45) is 0 Å². The van der Waals surface area contributed by atoms with Crippen LogP contribution in [0, 0.1) is 0 Å². The second kappa shape index (κ2) is 6.83. The second-order valence-electron chi connectivity index (χ2n) is 4.98. The molecule has 6 heteroatoms. The zero-order valence-electron chi connectivity index (χ0n) is 11.3. The summed E-state index contributed by atoms with van der Waals surface area (Å²) in [4.78, 5) is 1.13. The molecule has 0 bridgehead atoms. The Kier molecular flexibility index (Phi) is 5.38. The fourth-order valence-corrected chi connectivity index (χ4v) is 4.67. The lowest BCUT2D eigenvalue weighted by Gasteiger charge is -2.21. The molecule has 1 fully saturated rings. The number of hydrogen-bond acceptors (Lipinski definition) is 4. The lowest BCUT2D eigenvalue weighted by Crippen LogP contribution is -2.34. The van der Waals surface area contributed by atoms with E-state index in [1.807, 2.05) is 24.6 Å². The van der Waals surface area contributed by atoms with Crippen LogP contribution in [0.1, 0.15) is 30.6 Å². The first-order chi connectivity index (χ1) is 9.13. The molecule has 0 aliphatic heterocycles. The summed E-state index contributed by atoms with van der Waals surface area (Å²) >= 11 is 1.63. The normalized spacial score (nSPS) is 16.1. The van der Waals surface area contributed by atoms with E-state index in [1.54, 1.807) is 15.6 Å². The van der Waals surface area contributed by atoms with Crippen LogP contribution in [-0.2, 0) is 16.6 Å². The van der Waals surface area contributed by atoms with Gasteiger partial charge in [-0.25, -0.2) is 8.42 Å². The summed E-state index contributed by atoms with van der Waals surface area (Å²) in [6.45, 7) is 1.43. The van der Waals surface area contributed by atoms with Gasteiger partial charge < -0.3 is 5.32 Å². The third-order valence-electron chi connectivity index (χ3n) is 3.28. The van der Waals surface area contributed by atoms with Crippen molar-refractivity contribution in [3.05, 3.63) is 22.4 Å². The highest BCUT2D eigenvalue weighted by Gasteiger charge is 2.36. The summed E-state index contributed by atoms with van der Waals surface area (Å²) in [5.74, 6) is 0.274. The van der Waals surface area contributed by atoms with Crippen LogP contribution in [-0.4, -0.2) is 38.1 Å². The lowest BCUT2D eigenvalue weighted by molar-refractivity contribution is 0.400. The van der Waals surface area contributed by atoms with Crippen LogP contribution in [0.2, 0.25) is 0 Å². The van der Waals surface area contributed by atoms with E-state index in [1.165, 1.54) is 0 Å². The third kappa shape index (κ3) is 4.56. The van der Waals surface area contributed by atoms with E-state index in [2.05, 4.69) is 5.32 Å².